The van der Waals surface area contributed by atoms with Gasteiger partial charge in [0.25, 0.3) is 5.91 Å². The third-order valence-corrected chi connectivity index (χ3v) is 4.13. The normalized spacial score (nSPS) is 10.6. The van der Waals surface area contributed by atoms with E-state index < -0.39 is 0 Å². The molecule has 2 aromatic heterocycles. The standard InChI is InChI=1S/C21H23N3O3/c1-3-7-16-8-5-6-9-19(16)26-15-18-10-11-20(27-18)21(25)22-14-17-12-13-23-24(17)4-2/h3,5-6,8-13H,1,4,7,14-15H2,2H3,(H,22,25). The van der Waals surface area contributed by atoms with Crippen LogP contribution in [0, 0.1) is 0 Å². The summed E-state index contributed by atoms with van der Waals surface area (Å²) in [4.78, 5) is 12.3. The van der Waals surface area contributed by atoms with Crippen molar-refractivity contribution in [1.29, 1.82) is 0 Å². The molecule has 6 nitrogen and oxygen atoms in total. The first-order valence-electron chi connectivity index (χ1n) is 8.90. The van der Waals surface area contributed by atoms with E-state index in [-0.39, 0.29) is 18.3 Å². The summed E-state index contributed by atoms with van der Waals surface area (Å²) in [5.41, 5.74) is 2.00. The van der Waals surface area contributed by atoms with Crippen LogP contribution >= 0.6 is 0 Å². The zero-order chi connectivity index (χ0) is 19.1. The topological polar surface area (TPSA) is 69.3 Å². The molecule has 0 aliphatic rings. The summed E-state index contributed by atoms with van der Waals surface area (Å²) in [7, 11) is 0. The van der Waals surface area contributed by atoms with E-state index in [2.05, 4.69) is 17.0 Å². The van der Waals surface area contributed by atoms with Gasteiger partial charge in [0, 0.05) is 12.7 Å². The van der Waals surface area contributed by atoms with Crippen LogP contribution in [0.5, 0.6) is 5.75 Å². The molecule has 0 bridgehead atoms. The monoisotopic (exact) mass is 365 g/mol. The van der Waals surface area contributed by atoms with Crippen LogP contribution in [-0.4, -0.2) is 15.7 Å². The van der Waals surface area contributed by atoms with Crippen molar-refractivity contribution in [2.75, 3.05) is 0 Å². The predicted molar refractivity (Wildman–Crippen MR) is 102 cm³/mol. The fourth-order valence-electron chi connectivity index (χ4n) is 2.75. The largest absolute Gasteiger partial charge is 0.485 e. The molecule has 1 aromatic carbocycles. The third-order valence-electron chi connectivity index (χ3n) is 4.13. The second kappa shape index (κ2) is 8.89. The van der Waals surface area contributed by atoms with Gasteiger partial charge in [-0.2, -0.15) is 5.10 Å². The zero-order valence-electron chi connectivity index (χ0n) is 15.4. The molecule has 140 valence electrons. The van der Waals surface area contributed by atoms with Gasteiger partial charge in [0.1, 0.15) is 18.1 Å². The van der Waals surface area contributed by atoms with Crippen molar-refractivity contribution in [1.82, 2.24) is 15.1 Å². The van der Waals surface area contributed by atoms with Crippen LogP contribution < -0.4 is 10.1 Å². The molecular weight excluding hydrogens is 342 g/mol. The molecule has 27 heavy (non-hydrogen) atoms. The van der Waals surface area contributed by atoms with E-state index >= 15 is 0 Å². The van der Waals surface area contributed by atoms with Crippen molar-refractivity contribution >= 4 is 5.91 Å². The average molecular weight is 365 g/mol. The fraction of sp³-hybridized carbons (Fsp3) is 0.238. The van der Waals surface area contributed by atoms with E-state index in [4.69, 9.17) is 9.15 Å². The highest BCUT2D eigenvalue weighted by Crippen LogP contribution is 2.20. The Balaban J connectivity index is 1.56. The summed E-state index contributed by atoms with van der Waals surface area (Å²) in [6, 6.07) is 13.1. The van der Waals surface area contributed by atoms with Crippen LogP contribution in [0.2, 0.25) is 0 Å². The van der Waals surface area contributed by atoms with Gasteiger partial charge in [0.2, 0.25) is 0 Å². The van der Waals surface area contributed by atoms with Gasteiger partial charge in [0.15, 0.2) is 5.76 Å². The fourth-order valence-corrected chi connectivity index (χ4v) is 2.75. The number of furan rings is 1. The lowest BCUT2D eigenvalue weighted by molar-refractivity contribution is 0.0918. The van der Waals surface area contributed by atoms with E-state index in [0.29, 0.717) is 12.3 Å². The molecule has 0 aliphatic heterocycles. The lowest BCUT2D eigenvalue weighted by atomic mass is 10.1. The van der Waals surface area contributed by atoms with Gasteiger partial charge in [-0.05, 0) is 43.2 Å². The van der Waals surface area contributed by atoms with Crippen LogP contribution in [0.15, 0.2) is 65.7 Å². The van der Waals surface area contributed by atoms with Crippen LogP contribution in [-0.2, 0) is 26.1 Å². The smallest absolute Gasteiger partial charge is 0.287 e. The maximum atomic E-state index is 12.3. The minimum absolute atomic E-state index is 0.254. The Morgan fingerprint density at radius 2 is 2.15 bits per heavy atom. The highest BCUT2D eigenvalue weighted by atomic mass is 16.5. The van der Waals surface area contributed by atoms with Crippen LogP contribution in [0.4, 0.5) is 0 Å². The summed E-state index contributed by atoms with van der Waals surface area (Å²) < 4.78 is 13.3. The van der Waals surface area contributed by atoms with Gasteiger partial charge in [-0.25, -0.2) is 0 Å². The number of benzene rings is 1. The van der Waals surface area contributed by atoms with E-state index in [1.807, 2.05) is 48.0 Å². The Kier molecular flexibility index (Phi) is 6.10. The number of hydrogen-bond acceptors (Lipinski definition) is 4. The van der Waals surface area contributed by atoms with Gasteiger partial charge < -0.3 is 14.5 Å². The van der Waals surface area contributed by atoms with E-state index in [1.165, 1.54) is 0 Å². The van der Waals surface area contributed by atoms with Gasteiger partial charge >= 0.3 is 0 Å². The van der Waals surface area contributed by atoms with Crippen molar-refractivity contribution in [3.8, 4) is 5.75 Å². The first-order valence-corrected chi connectivity index (χ1v) is 8.90. The quantitative estimate of drug-likeness (QED) is 0.587. The number of hydrogen-bond donors (Lipinski definition) is 1. The SMILES string of the molecule is C=CCc1ccccc1OCc1ccc(C(=O)NCc2ccnn2CC)o1. The number of carbonyl (C=O) groups is 1. The summed E-state index contributed by atoms with van der Waals surface area (Å²) in [5, 5.41) is 7.03. The molecule has 2 heterocycles. The van der Waals surface area contributed by atoms with Gasteiger partial charge in [0.05, 0.1) is 12.2 Å². The Morgan fingerprint density at radius 1 is 1.30 bits per heavy atom. The van der Waals surface area contributed by atoms with Crippen LogP contribution in [0.3, 0.4) is 0 Å². The van der Waals surface area contributed by atoms with E-state index in [0.717, 1.165) is 30.0 Å². The van der Waals surface area contributed by atoms with E-state index in [9.17, 15) is 4.79 Å². The molecule has 0 radical (unpaired) electrons. The molecule has 0 saturated heterocycles. The van der Waals surface area contributed by atoms with Crippen molar-refractivity contribution in [3.05, 3.63) is 84.1 Å². The van der Waals surface area contributed by atoms with Gasteiger partial charge in [-0.1, -0.05) is 24.3 Å². The molecule has 0 atom stereocenters. The lowest BCUT2D eigenvalue weighted by Crippen LogP contribution is -2.24. The molecule has 1 amide bonds. The molecule has 0 unspecified atom stereocenters. The maximum absolute atomic E-state index is 12.3. The maximum Gasteiger partial charge on any atom is 0.287 e. The number of aryl methyl sites for hydroxylation is 1. The van der Waals surface area contributed by atoms with Crippen molar-refractivity contribution < 1.29 is 13.9 Å². The number of nitrogens with zero attached hydrogens (tertiary/aromatic N) is 2. The van der Waals surface area contributed by atoms with Crippen LogP contribution in [0.1, 0.15) is 34.5 Å². The lowest BCUT2D eigenvalue weighted by Gasteiger charge is -2.09. The number of amides is 1. The highest BCUT2D eigenvalue weighted by molar-refractivity contribution is 5.91. The van der Waals surface area contributed by atoms with Crippen molar-refractivity contribution in [2.24, 2.45) is 0 Å². The van der Waals surface area contributed by atoms with Crippen molar-refractivity contribution in [3.63, 3.8) is 0 Å². The Hall–Kier alpha value is -3.28. The number of ether oxygens (including phenoxy) is 1. The third kappa shape index (κ3) is 4.67. The first kappa shape index (κ1) is 18.5. The number of aromatic nitrogens is 2. The Morgan fingerprint density at radius 3 is 2.96 bits per heavy atom. The second-order valence-corrected chi connectivity index (χ2v) is 5.98. The minimum Gasteiger partial charge on any atom is -0.485 e. The summed E-state index contributed by atoms with van der Waals surface area (Å²) >= 11 is 0. The molecule has 6 heteroatoms. The van der Waals surface area contributed by atoms with Crippen LogP contribution in [0.25, 0.3) is 0 Å². The van der Waals surface area contributed by atoms with E-state index in [1.54, 1.807) is 18.3 Å². The van der Waals surface area contributed by atoms with Gasteiger partial charge in [-0.15, -0.1) is 6.58 Å². The number of nitrogens with one attached hydrogen (secondary N) is 1. The second-order valence-electron chi connectivity index (χ2n) is 5.98. The summed E-state index contributed by atoms with van der Waals surface area (Å²) in [5.74, 6) is 1.37. The number of allylic oxidation sites excluding steroid dienone is 1. The molecule has 0 saturated carbocycles. The molecular formula is C21H23N3O3. The zero-order valence-corrected chi connectivity index (χ0v) is 15.4. The number of para-hydroxylation sites is 1. The summed E-state index contributed by atoms with van der Waals surface area (Å²) in [6.45, 7) is 7.17. The Labute approximate surface area is 158 Å². The molecule has 0 aliphatic carbocycles. The van der Waals surface area contributed by atoms with Crippen molar-refractivity contribution in [2.45, 2.75) is 33.0 Å². The predicted octanol–water partition coefficient (Wildman–Crippen LogP) is 3.73. The first-order chi connectivity index (χ1) is 13.2. The molecule has 0 fully saturated rings. The molecule has 1 N–H and O–H groups in total. The average Bonchev–Trinajstić information content (AvgIpc) is 3.35. The number of carbonyl (C=O) groups excluding carboxylic acids is 1. The Bertz CT molecular complexity index is 911. The van der Waals surface area contributed by atoms with Gasteiger partial charge in [-0.3, -0.25) is 9.48 Å². The number of rotatable bonds is 9. The molecule has 3 rings (SSSR count). The molecule has 0 spiro atoms. The summed E-state index contributed by atoms with van der Waals surface area (Å²) in [6.07, 6.45) is 4.29. The highest BCUT2D eigenvalue weighted by Gasteiger charge is 2.13. The minimum atomic E-state index is -0.267. The molecule has 3 aromatic rings.